The molecule has 25 heavy (non-hydrogen) atoms. The summed E-state index contributed by atoms with van der Waals surface area (Å²) in [7, 11) is 0. The van der Waals surface area contributed by atoms with Crippen molar-refractivity contribution in [2.24, 2.45) is 0 Å². The highest BCUT2D eigenvalue weighted by Gasteiger charge is 1.89. The van der Waals surface area contributed by atoms with Crippen LogP contribution in [0.2, 0.25) is 0 Å². The van der Waals surface area contributed by atoms with E-state index in [9.17, 15) is 28.8 Å². The monoisotopic (exact) mass is 366 g/mol. The minimum Gasteiger partial charge on any atom is -0.478 e. The van der Waals surface area contributed by atoms with Gasteiger partial charge in [0.05, 0.1) is 0 Å². The van der Waals surface area contributed by atoms with Crippen LogP contribution in [0, 0.1) is 0 Å². The molecule has 0 aromatic carbocycles. The Morgan fingerprint density at radius 3 is 0.480 bits per heavy atom. The van der Waals surface area contributed by atoms with Crippen molar-refractivity contribution in [2.75, 3.05) is 0 Å². The maximum atomic E-state index is 9.55. The highest BCUT2D eigenvalue weighted by Crippen LogP contribution is 1.71. The normalized spacial score (nSPS) is 9.12. The number of hydrogen-bond donors (Lipinski definition) is 6. The van der Waals surface area contributed by atoms with Crippen molar-refractivity contribution in [2.45, 2.75) is 0 Å². The van der Waals surface area contributed by atoms with Gasteiger partial charge in [0.1, 0.15) is 0 Å². The minimum atomic E-state index is -1.26. The van der Waals surface area contributed by atoms with Crippen molar-refractivity contribution in [1.29, 1.82) is 0 Å². The summed E-state index contributed by atoms with van der Waals surface area (Å²) in [5.74, 6) is -7.54. The van der Waals surface area contributed by atoms with Crippen LogP contribution in [0.4, 0.5) is 0 Å². The second-order valence-electron chi connectivity index (χ2n) is 3.03. The van der Waals surface area contributed by atoms with E-state index in [2.05, 4.69) is 0 Å². The molecule has 0 saturated carbocycles. The molecule has 0 spiro atoms. The quantitative estimate of drug-likeness (QED) is 0.288. The molecule has 140 valence electrons. The summed E-state index contributed by atoms with van der Waals surface area (Å²) in [5.41, 5.74) is 0. The maximum absolute atomic E-state index is 9.55. The molecule has 0 heterocycles. The Bertz CT molecular complexity index is 439. The van der Waals surface area contributed by atoms with Gasteiger partial charge >= 0.3 is 35.8 Å². The number of aliphatic carboxylic acids is 6. The molecule has 13 nitrogen and oxygen atoms in total. The van der Waals surface area contributed by atoms with Crippen LogP contribution in [-0.2, 0) is 28.8 Å². The molecule has 0 aromatic heterocycles. The molecule has 0 rings (SSSR count). The first kappa shape index (κ1) is 29.1. The van der Waals surface area contributed by atoms with Gasteiger partial charge in [-0.2, -0.15) is 0 Å². The van der Waals surface area contributed by atoms with Crippen molar-refractivity contribution in [1.82, 2.24) is 0 Å². The fourth-order valence-electron chi connectivity index (χ4n) is 0.428. The van der Waals surface area contributed by atoms with Gasteiger partial charge in [-0.25, -0.2) is 28.8 Å². The summed E-state index contributed by atoms with van der Waals surface area (Å²) >= 11 is 0. The first-order valence-electron chi connectivity index (χ1n) is 5.30. The number of carboxylic acid groups (broad SMARTS) is 6. The van der Waals surface area contributed by atoms with Crippen molar-refractivity contribution in [3.05, 3.63) is 36.5 Å². The van der Waals surface area contributed by atoms with Gasteiger partial charge in [0.2, 0.25) is 0 Å². The summed E-state index contributed by atoms with van der Waals surface area (Å²) in [5, 5.41) is 46.9. The number of rotatable bonds is 6. The van der Waals surface area contributed by atoms with Crippen molar-refractivity contribution >= 4 is 35.8 Å². The number of carboxylic acids is 6. The predicted molar refractivity (Wildman–Crippen MR) is 76.8 cm³/mol. The van der Waals surface area contributed by atoms with Gasteiger partial charge in [-0.05, 0) is 0 Å². The molecule has 0 amide bonds. The van der Waals surface area contributed by atoms with Crippen molar-refractivity contribution in [3.63, 3.8) is 0 Å². The van der Waals surface area contributed by atoms with Gasteiger partial charge in [-0.1, -0.05) is 0 Å². The van der Waals surface area contributed by atoms with E-state index < -0.39 is 35.8 Å². The van der Waals surface area contributed by atoms with Crippen LogP contribution < -0.4 is 0 Å². The average Bonchev–Trinajstić information content (AvgIpc) is 2.42. The van der Waals surface area contributed by atoms with Crippen LogP contribution in [-0.4, -0.2) is 71.9 Å². The maximum Gasteiger partial charge on any atom is 0.328 e. The largest absolute Gasteiger partial charge is 0.478 e. The van der Waals surface area contributed by atoms with Gasteiger partial charge < -0.3 is 36.1 Å². The Morgan fingerprint density at radius 1 is 0.360 bits per heavy atom. The Balaban J connectivity index is -0.000000130. The van der Waals surface area contributed by atoms with Gasteiger partial charge in [-0.15, -0.1) is 0 Å². The second kappa shape index (κ2) is 18.1. The van der Waals surface area contributed by atoms with Crippen LogP contribution in [0.25, 0.3) is 0 Å². The summed E-state index contributed by atoms with van der Waals surface area (Å²) in [4.78, 5) is 57.3. The van der Waals surface area contributed by atoms with E-state index in [0.717, 1.165) is 0 Å². The fraction of sp³-hybridized carbons (Fsp3) is 0. The SMILES string of the molecule is O.O=C(O)/C=C/C(=O)O.O=C(O)/C=C/C(=O)O.O=C(O)/C=C/C(=O)O. The summed E-state index contributed by atoms with van der Waals surface area (Å²) in [6.07, 6.45) is 3.35. The molecule has 0 aliphatic rings. The predicted octanol–water partition coefficient (Wildman–Crippen LogP) is -1.69. The zero-order valence-corrected chi connectivity index (χ0v) is 12.1. The van der Waals surface area contributed by atoms with Crippen LogP contribution in [0.15, 0.2) is 36.5 Å². The molecule has 0 radical (unpaired) electrons. The molecule has 13 heteroatoms. The van der Waals surface area contributed by atoms with E-state index >= 15 is 0 Å². The van der Waals surface area contributed by atoms with Gasteiger partial charge in [0.25, 0.3) is 0 Å². The Morgan fingerprint density at radius 2 is 0.440 bits per heavy atom. The lowest BCUT2D eigenvalue weighted by Crippen LogP contribution is -1.91. The molecule has 0 bridgehead atoms. The molecule has 0 aromatic rings. The van der Waals surface area contributed by atoms with Crippen LogP contribution >= 0.6 is 0 Å². The second-order valence-corrected chi connectivity index (χ2v) is 3.03. The first-order valence-corrected chi connectivity index (χ1v) is 5.30. The molecular formula is C12H14O13. The van der Waals surface area contributed by atoms with E-state index in [1.807, 2.05) is 0 Å². The van der Waals surface area contributed by atoms with Crippen molar-refractivity contribution < 1.29 is 64.9 Å². The Kier molecular flexibility index (Phi) is 21.0. The van der Waals surface area contributed by atoms with E-state index in [1.165, 1.54) is 0 Å². The molecule has 0 aliphatic carbocycles. The zero-order valence-electron chi connectivity index (χ0n) is 12.1. The fourth-order valence-corrected chi connectivity index (χ4v) is 0.428. The molecule has 8 N–H and O–H groups in total. The summed E-state index contributed by atoms with van der Waals surface area (Å²) in [6.45, 7) is 0. The number of hydrogen-bond acceptors (Lipinski definition) is 6. The standard InChI is InChI=1S/3C4H4O4.H2O/c3*5-3(6)1-2-4(7)8;/h3*1-2H,(H,5,6)(H,7,8);1H2/b3*2-1+;. The van der Waals surface area contributed by atoms with Crippen LogP contribution in [0.3, 0.4) is 0 Å². The first-order chi connectivity index (χ1) is 10.9. The molecular weight excluding hydrogens is 352 g/mol. The van der Waals surface area contributed by atoms with E-state index in [0.29, 0.717) is 36.5 Å². The Hall–Kier alpha value is -4.00. The molecule has 0 fully saturated rings. The summed E-state index contributed by atoms with van der Waals surface area (Å²) < 4.78 is 0. The Labute approximate surface area is 138 Å². The lowest BCUT2D eigenvalue weighted by Gasteiger charge is -1.74. The van der Waals surface area contributed by atoms with Crippen LogP contribution in [0.1, 0.15) is 0 Å². The topological polar surface area (TPSA) is 255 Å². The highest BCUT2D eigenvalue weighted by atomic mass is 16.4. The van der Waals surface area contributed by atoms with Crippen molar-refractivity contribution in [3.8, 4) is 0 Å². The van der Waals surface area contributed by atoms with Crippen LogP contribution in [0.5, 0.6) is 0 Å². The zero-order chi connectivity index (χ0) is 19.7. The highest BCUT2D eigenvalue weighted by molar-refractivity contribution is 5.90. The third-order valence-corrected chi connectivity index (χ3v) is 1.11. The molecule has 0 atom stereocenters. The van der Waals surface area contributed by atoms with Gasteiger partial charge in [-0.3, -0.25) is 0 Å². The molecule has 0 saturated heterocycles. The van der Waals surface area contributed by atoms with E-state index in [4.69, 9.17) is 30.6 Å². The minimum absolute atomic E-state index is 0. The summed E-state index contributed by atoms with van der Waals surface area (Å²) in [6, 6.07) is 0. The van der Waals surface area contributed by atoms with E-state index in [-0.39, 0.29) is 5.48 Å². The van der Waals surface area contributed by atoms with Gasteiger partial charge in [0.15, 0.2) is 0 Å². The lowest BCUT2D eigenvalue weighted by atomic mass is 10.5. The smallest absolute Gasteiger partial charge is 0.328 e. The molecule has 0 unspecified atom stereocenters. The number of carbonyl (C=O) groups is 6. The van der Waals surface area contributed by atoms with E-state index in [1.54, 1.807) is 0 Å². The van der Waals surface area contributed by atoms with Gasteiger partial charge in [0, 0.05) is 36.5 Å². The lowest BCUT2D eigenvalue weighted by molar-refractivity contribution is -0.134. The molecule has 0 aliphatic heterocycles. The third kappa shape index (κ3) is 53.6. The third-order valence-electron chi connectivity index (χ3n) is 1.11. The average molecular weight is 366 g/mol.